The molecule has 3 fully saturated rings. The van der Waals surface area contributed by atoms with E-state index in [1.807, 2.05) is 0 Å². The normalized spacial score (nSPS) is 42.7. The molecule has 1 saturated heterocycles. The van der Waals surface area contributed by atoms with Crippen molar-refractivity contribution < 1.29 is 4.79 Å². The van der Waals surface area contributed by atoms with Crippen molar-refractivity contribution in [2.45, 2.75) is 70.4 Å². The summed E-state index contributed by atoms with van der Waals surface area (Å²) in [4.78, 5) is 12.5. The van der Waals surface area contributed by atoms with Gasteiger partial charge in [0, 0.05) is 6.04 Å². The van der Waals surface area contributed by atoms with E-state index in [0.29, 0.717) is 12.0 Å². The number of carbonyl (C=O) groups is 1. The Morgan fingerprint density at radius 3 is 2.79 bits per heavy atom. The Morgan fingerprint density at radius 2 is 1.89 bits per heavy atom. The third kappa shape index (κ3) is 2.96. The lowest BCUT2D eigenvalue weighted by Crippen LogP contribution is -2.47. The summed E-state index contributed by atoms with van der Waals surface area (Å²) in [5, 5.41) is 6.79. The van der Waals surface area contributed by atoms with E-state index in [4.69, 9.17) is 0 Å². The third-order valence-corrected chi connectivity index (χ3v) is 5.63. The maximum atomic E-state index is 12.5. The first-order valence-corrected chi connectivity index (χ1v) is 8.28. The fourth-order valence-corrected chi connectivity index (χ4v) is 4.40. The minimum atomic E-state index is 0.105. The number of fused-ring (bicyclic) bond motifs is 1. The maximum absolute atomic E-state index is 12.5. The van der Waals surface area contributed by atoms with Gasteiger partial charge in [-0.25, -0.2) is 0 Å². The molecular weight excluding hydrogens is 236 g/mol. The highest BCUT2D eigenvalue weighted by Crippen LogP contribution is 2.37. The van der Waals surface area contributed by atoms with Gasteiger partial charge in [0.2, 0.25) is 5.91 Å². The van der Waals surface area contributed by atoms with E-state index in [1.54, 1.807) is 0 Å². The number of amides is 1. The Hall–Kier alpha value is -0.570. The van der Waals surface area contributed by atoms with Gasteiger partial charge in [-0.2, -0.15) is 0 Å². The summed E-state index contributed by atoms with van der Waals surface area (Å²) < 4.78 is 0. The Labute approximate surface area is 116 Å². The fraction of sp³-hybridized carbons (Fsp3) is 0.938. The smallest absolute Gasteiger partial charge is 0.237 e. The molecule has 2 aliphatic carbocycles. The highest BCUT2D eigenvalue weighted by molar-refractivity contribution is 5.82. The third-order valence-electron chi connectivity index (χ3n) is 5.63. The molecular formula is C16H28N2O. The van der Waals surface area contributed by atoms with Gasteiger partial charge in [-0.3, -0.25) is 4.79 Å². The van der Waals surface area contributed by atoms with Gasteiger partial charge in [0.05, 0.1) is 6.04 Å². The van der Waals surface area contributed by atoms with Crippen LogP contribution in [0.5, 0.6) is 0 Å². The van der Waals surface area contributed by atoms with Crippen LogP contribution in [0.4, 0.5) is 0 Å². The minimum Gasteiger partial charge on any atom is -0.352 e. The largest absolute Gasteiger partial charge is 0.352 e. The van der Waals surface area contributed by atoms with E-state index < -0.39 is 0 Å². The standard InChI is InChI=1S/C16H28N2O/c1-11-4-2-6-13(9-8-11)18-16(19)15-14-7-3-5-12(14)10-17-15/h11-15,17H,2-10H2,1H3,(H,18,19). The molecule has 0 aromatic carbocycles. The molecule has 1 heterocycles. The first kappa shape index (κ1) is 13.4. The summed E-state index contributed by atoms with van der Waals surface area (Å²) in [5.41, 5.74) is 0. The second-order valence-electron chi connectivity index (χ2n) is 7.06. The highest BCUT2D eigenvalue weighted by atomic mass is 16.2. The van der Waals surface area contributed by atoms with Crippen LogP contribution >= 0.6 is 0 Å². The number of hydrogen-bond donors (Lipinski definition) is 2. The molecule has 3 heteroatoms. The quantitative estimate of drug-likeness (QED) is 0.752. The zero-order chi connectivity index (χ0) is 13.2. The molecule has 0 radical (unpaired) electrons. The topological polar surface area (TPSA) is 41.1 Å². The number of carbonyl (C=O) groups excluding carboxylic acids is 1. The van der Waals surface area contributed by atoms with E-state index in [1.165, 1.54) is 51.4 Å². The van der Waals surface area contributed by atoms with Gasteiger partial charge >= 0.3 is 0 Å². The fourth-order valence-electron chi connectivity index (χ4n) is 4.40. The van der Waals surface area contributed by atoms with Gasteiger partial charge in [0.15, 0.2) is 0 Å². The minimum absolute atomic E-state index is 0.105. The molecule has 5 atom stereocenters. The molecule has 2 N–H and O–H groups in total. The first-order chi connectivity index (χ1) is 9.24. The molecule has 1 aliphatic heterocycles. The first-order valence-electron chi connectivity index (χ1n) is 8.28. The van der Waals surface area contributed by atoms with Gasteiger partial charge in [0.25, 0.3) is 0 Å². The Morgan fingerprint density at radius 1 is 1.05 bits per heavy atom. The Balaban J connectivity index is 1.53. The SMILES string of the molecule is CC1CCCC(NC(=O)C2NCC3CCCC32)CC1. The zero-order valence-corrected chi connectivity index (χ0v) is 12.2. The summed E-state index contributed by atoms with van der Waals surface area (Å²) in [6.07, 6.45) is 10.1. The molecule has 3 rings (SSSR count). The maximum Gasteiger partial charge on any atom is 0.237 e. The lowest BCUT2D eigenvalue weighted by atomic mass is 9.93. The van der Waals surface area contributed by atoms with Crippen LogP contribution in [0.2, 0.25) is 0 Å². The van der Waals surface area contributed by atoms with Crippen molar-refractivity contribution in [3.05, 3.63) is 0 Å². The van der Waals surface area contributed by atoms with Crippen molar-refractivity contribution in [2.24, 2.45) is 17.8 Å². The van der Waals surface area contributed by atoms with Crippen LogP contribution in [0.25, 0.3) is 0 Å². The van der Waals surface area contributed by atoms with E-state index in [9.17, 15) is 4.79 Å². The second-order valence-corrected chi connectivity index (χ2v) is 7.06. The lowest BCUT2D eigenvalue weighted by molar-refractivity contribution is -0.124. The molecule has 1 amide bonds. The highest BCUT2D eigenvalue weighted by Gasteiger charge is 2.42. The molecule has 5 unspecified atom stereocenters. The monoisotopic (exact) mass is 264 g/mol. The van der Waals surface area contributed by atoms with Crippen molar-refractivity contribution in [1.82, 2.24) is 10.6 Å². The number of nitrogens with one attached hydrogen (secondary N) is 2. The van der Waals surface area contributed by atoms with Crippen LogP contribution in [0.15, 0.2) is 0 Å². The average Bonchev–Trinajstić information content (AvgIpc) is 2.92. The molecule has 0 aromatic heterocycles. The van der Waals surface area contributed by atoms with Gasteiger partial charge in [-0.05, 0) is 56.4 Å². The zero-order valence-electron chi connectivity index (χ0n) is 12.2. The molecule has 0 bridgehead atoms. The van der Waals surface area contributed by atoms with Crippen molar-refractivity contribution in [3.8, 4) is 0 Å². The van der Waals surface area contributed by atoms with Gasteiger partial charge in [-0.1, -0.05) is 26.2 Å². The van der Waals surface area contributed by atoms with E-state index in [2.05, 4.69) is 17.6 Å². The molecule has 3 nitrogen and oxygen atoms in total. The van der Waals surface area contributed by atoms with E-state index in [0.717, 1.165) is 18.4 Å². The van der Waals surface area contributed by atoms with Crippen LogP contribution in [0, 0.1) is 17.8 Å². The van der Waals surface area contributed by atoms with Gasteiger partial charge in [0.1, 0.15) is 0 Å². The molecule has 3 aliphatic rings. The van der Waals surface area contributed by atoms with Crippen LogP contribution in [0.1, 0.15) is 58.3 Å². The average molecular weight is 264 g/mol. The second kappa shape index (κ2) is 5.82. The van der Waals surface area contributed by atoms with Gasteiger partial charge < -0.3 is 10.6 Å². The van der Waals surface area contributed by atoms with Crippen molar-refractivity contribution in [3.63, 3.8) is 0 Å². The number of rotatable bonds is 2. The van der Waals surface area contributed by atoms with Crippen LogP contribution < -0.4 is 10.6 Å². The molecule has 19 heavy (non-hydrogen) atoms. The summed E-state index contributed by atoms with van der Waals surface area (Å²) in [6.45, 7) is 3.40. The van der Waals surface area contributed by atoms with Crippen LogP contribution in [0.3, 0.4) is 0 Å². The van der Waals surface area contributed by atoms with E-state index >= 15 is 0 Å². The summed E-state index contributed by atoms with van der Waals surface area (Å²) in [6, 6.07) is 0.535. The summed E-state index contributed by atoms with van der Waals surface area (Å²) in [7, 11) is 0. The predicted molar refractivity (Wildman–Crippen MR) is 76.8 cm³/mol. The Bertz CT molecular complexity index is 331. The van der Waals surface area contributed by atoms with Crippen molar-refractivity contribution in [1.29, 1.82) is 0 Å². The van der Waals surface area contributed by atoms with Gasteiger partial charge in [-0.15, -0.1) is 0 Å². The molecule has 108 valence electrons. The lowest BCUT2D eigenvalue weighted by Gasteiger charge is -2.22. The van der Waals surface area contributed by atoms with Crippen molar-refractivity contribution >= 4 is 5.91 Å². The van der Waals surface area contributed by atoms with E-state index in [-0.39, 0.29) is 11.9 Å². The number of hydrogen-bond acceptors (Lipinski definition) is 2. The molecule has 0 aromatic rings. The molecule has 0 spiro atoms. The van der Waals surface area contributed by atoms with Crippen molar-refractivity contribution in [2.75, 3.05) is 6.54 Å². The summed E-state index contributed by atoms with van der Waals surface area (Å²) in [5.74, 6) is 2.51. The summed E-state index contributed by atoms with van der Waals surface area (Å²) >= 11 is 0. The molecule has 2 saturated carbocycles. The Kier molecular flexibility index (Phi) is 4.11. The van der Waals surface area contributed by atoms with Crippen LogP contribution in [-0.4, -0.2) is 24.5 Å². The van der Waals surface area contributed by atoms with Crippen LogP contribution in [-0.2, 0) is 4.79 Å². The predicted octanol–water partition coefficient (Wildman–Crippen LogP) is 2.46.